The summed E-state index contributed by atoms with van der Waals surface area (Å²) in [5, 5.41) is 8.27. The van der Waals surface area contributed by atoms with Crippen LogP contribution in [0.1, 0.15) is 6.42 Å². The Labute approximate surface area is 63.7 Å². The van der Waals surface area contributed by atoms with Gasteiger partial charge in [0.05, 0.1) is 0 Å². The van der Waals surface area contributed by atoms with E-state index in [1.165, 1.54) is 6.08 Å². The standard InChI is InChI=1S/C6H10N2O3/c7-4(6(10)11)2-1-3-5(8)9/h1,3-4H,2,7H2,(H2,8,9)(H,10,11)/b3-1+. The predicted octanol–water partition coefficient (Wildman–Crippen LogP) is -1.17. The molecule has 0 aliphatic carbocycles. The lowest BCUT2D eigenvalue weighted by atomic mass is 10.2. The lowest BCUT2D eigenvalue weighted by Gasteiger charge is -1.99. The third-order valence-corrected chi connectivity index (χ3v) is 0.989. The number of carboxylic acid groups (broad SMARTS) is 1. The summed E-state index contributed by atoms with van der Waals surface area (Å²) in [4.78, 5) is 20.2. The lowest BCUT2D eigenvalue weighted by molar-refractivity contribution is -0.138. The first-order valence-electron chi connectivity index (χ1n) is 2.98. The van der Waals surface area contributed by atoms with E-state index in [0.29, 0.717) is 0 Å². The van der Waals surface area contributed by atoms with Crippen LogP contribution in [0.15, 0.2) is 12.2 Å². The summed E-state index contributed by atoms with van der Waals surface area (Å²) in [6.45, 7) is 0. The van der Waals surface area contributed by atoms with Crippen LogP contribution in [-0.4, -0.2) is 23.0 Å². The van der Waals surface area contributed by atoms with Gasteiger partial charge in [-0.25, -0.2) is 0 Å². The highest BCUT2D eigenvalue weighted by atomic mass is 16.4. The largest absolute Gasteiger partial charge is 0.480 e. The molecule has 0 aliphatic heterocycles. The average molecular weight is 158 g/mol. The van der Waals surface area contributed by atoms with Gasteiger partial charge in [0.15, 0.2) is 0 Å². The maximum Gasteiger partial charge on any atom is 0.320 e. The molecule has 0 aromatic rings. The summed E-state index contributed by atoms with van der Waals surface area (Å²) in [7, 11) is 0. The molecule has 5 nitrogen and oxygen atoms in total. The summed E-state index contributed by atoms with van der Waals surface area (Å²) in [6, 6.07) is -0.967. The minimum absolute atomic E-state index is 0.109. The summed E-state index contributed by atoms with van der Waals surface area (Å²) in [5.74, 6) is -1.71. The topological polar surface area (TPSA) is 106 Å². The summed E-state index contributed by atoms with van der Waals surface area (Å²) in [6.07, 6.45) is 2.53. The molecule has 0 saturated carbocycles. The smallest absolute Gasteiger partial charge is 0.320 e. The summed E-state index contributed by atoms with van der Waals surface area (Å²) in [5.41, 5.74) is 9.84. The van der Waals surface area contributed by atoms with Crippen LogP contribution in [0.2, 0.25) is 0 Å². The Bertz CT molecular complexity index is 188. The highest BCUT2D eigenvalue weighted by Crippen LogP contribution is 1.89. The van der Waals surface area contributed by atoms with E-state index < -0.39 is 17.9 Å². The zero-order valence-corrected chi connectivity index (χ0v) is 5.86. The van der Waals surface area contributed by atoms with E-state index >= 15 is 0 Å². The monoisotopic (exact) mass is 158 g/mol. The minimum Gasteiger partial charge on any atom is -0.480 e. The molecule has 0 radical (unpaired) electrons. The second kappa shape index (κ2) is 4.45. The number of hydrogen-bond donors (Lipinski definition) is 3. The van der Waals surface area contributed by atoms with Gasteiger partial charge in [0, 0.05) is 0 Å². The van der Waals surface area contributed by atoms with Crippen LogP contribution in [0.3, 0.4) is 0 Å². The fourth-order valence-corrected chi connectivity index (χ4v) is 0.432. The Balaban J connectivity index is 3.70. The highest BCUT2D eigenvalue weighted by Gasteiger charge is 2.07. The number of hydrogen-bond acceptors (Lipinski definition) is 3. The SMILES string of the molecule is NC(=O)/C=C/CC(N)C(=O)O. The number of carbonyl (C=O) groups is 2. The molecule has 0 fully saturated rings. The van der Waals surface area contributed by atoms with Crippen LogP contribution in [0.5, 0.6) is 0 Å². The van der Waals surface area contributed by atoms with Crippen molar-refractivity contribution in [3.63, 3.8) is 0 Å². The van der Waals surface area contributed by atoms with E-state index in [1.807, 2.05) is 0 Å². The number of primary amides is 1. The van der Waals surface area contributed by atoms with Crippen LogP contribution in [0.25, 0.3) is 0 Å². The molecule has 0 heterocycles. The molecular weight excluding hydrogens is 148 g/mol. The van der Waals surface area contributed by atoms with Crippen molar-refractivity contribution < 1.29 is 14.7 Å². The van der Waals surface area contributed by atoms with Crippen LogP contribution < -0.4 is 11.5 Å². The van der Waals surface area contributed by atoms with Crippen molar-refractivity contribution in [2.75, 3.05) is 0 Å². The second-order valence-electron chi connectivity index (χ2n) is 1.99. The molecule has 11 heavy (non-hydrogen) atoms. The van der Waals surface area contributed by atoms with Crippen LogP contribution in [0, 0.1) is 0 Å². The van der Waals surface area contributed by atoms with Crippen LogP contribution in [0.4, 0.5) is 0 Å². The number of carbonyl (C=O) groups excluding carboxylic acids is 1. The number of rotatable bonds is 4. The van der Waals surface area contributed by atoms with Gasteiger partial charge in [-0.3, -0.25) is 9.59 Å². The van der Waals surface area contributed by atoms with E-state index in [4.69, 9.17) is 16.6 Å². The van der Waals surface area contributed by atoms with Gasteiger partial charge in [-0.2, -0.15) is 0 Å². The molecule has 1 atom stereocenters. The van der Waals surface area contributed by atoms with Gasteiger partial charge >= 0.3 is 5.97 Å². The molecule has 1 unspecified atom stereocenters. The van der Waals surface area contributed by atoms with Crippen molar-refractivity contribution in [2.45, 2.75) is 12.5 Å². The predicted molar refractivity (Wildman–Crippen MR) is 38.6 cm³/mol. The number of carboxylic acids is 1. The zero-order valence-electron chi connectivity index (χ0n) is 5.86. The fraction of sp³-hybridized carbons (Fsp3) is 0.333. The van der Waals surface area contributed by atoms with Gasteiger partial charge < -0.3 is 16.6 Å². The molecule has 5 N–H and O–H groups in total. The molecule has 0 aliphatic rings. The molecule has 0 rings (SSSR count). The summed E-state index contributed by atoms with van der Waals surface area (Å²) >= 11 is 0. The van der Waals surface area contributed by atoms with Crippen LogP contribution >= 0.6 is 0 Å². The van der Waals surface area contributed by atoms with Crippen molar-refractivity contribution in [2.24, 2.45) is 11.5 Å². The maximum atomic E-state index is 10.1. The molecule has 5 heteroatoms. The fourth-order valence-electron chi connectivity index (χ4n) is 0.432. The van der Waals surface area contributed by atoms with Gasteiger partial charge in [-0.1, -0.05) is 6.08 Å². The van der Waals surface area contributed by atoms with E-state index in [0.717, 1.165) is 6.08 Å². The van der Waals surface area contributed by atoms with E-state index in [1.54, 1.807) is 0 Å². The van der Waals surface area contributed by atoms with Crippen molar-refractivity contribution >= 4 is 11.9 Å². The molecule has 1 amide bonds. The maximum absolute atomic E-state index is 10.1. The molecular formula is C6H10N2O3. The molecule has 0 bridgehead atoms. The Morgan fingerprint density at radius 3 is 2.45 bits per heavy atom. The molecule has 0 saturated heterocycles. The Morgan fingerprint density at radius 2 is 2.09 bits per heavy atom. The van der Waals surface area contributed by atoms with Gasteiger partial charge in [-0.05, 0) is 12.5 Å². The molecule has 62 valence electrons. The second-order valence-corrected chi connectivity index (χ2v) is 1.99. The third kappa shape index (κ3) is 5.10. The van der Waals surface area contributed by atoms with Crippen molar-refractivity contribution in [3.8, 4) is 0 Å². The summed E-state index contributed by atoms with van der Waals surface area (Å²) < 4.78 is 0. The number of aliphatic carboxylic acids is 1. The number of nitrogens with two attached hydrogens (primary N) is 2. The van der Waals surface area contributed by atoms with Crippen molar-refractivity contribution in [3.05, 3.63) is 12.2 Å². The van der Waals surface area contributed by atoms with Gasteiger partial charge in [0.2, 0.25) is 5.91 Å². The van der Waals surface area contributed by atoms with E-state index in [9.17, 15) is 9.59 Å². The molecule has 0 spiro atoms. The average Bonchev–Trinajstić information content (AvgIpc) is 1.86. The van der Waals surface area contributed by atoms with E-state index in [-0.39, 0.29) is 6.42 Å². The first-order valence-corrected chi connectivity index (χ1v) is 2.98. The van der Waals surface area contributed by atoms with Gasteiger partial charge in [0.1, 0.15) is 6.04 Å². The minimum atomic E-state index is -1.10. The highest BCUT2D eigenvalue weighted by molar-refractivity contribution is 5.85. The van der Waals surface area contributed by atoms with Crippen molar-refractivity contribution in [1.29, 1.82) is 0 Å². The normalized spacial score (nSPS) is 13.2. The molecule has 0 aromatic carbocycles. The quantitative estimate of drug-likeness (QED) is 0.448. The van der Waals surface area contributed by atoms with Crippen LogP contribution in [-0.2, 0) is 9.59 Å². The zero-order chi connectivity index (χ0) is 8.85. The third-order valence-electron chi connectivity index (χ3n) is 0.989. The van der Waals surface area contributed by atoms with E-state index in [2.05, 4.69) is 0 Å². The Kier molecular flexibility index (Phi) is 3.90. The first-order chi connectivity index (χ1) is 5.04. The Morgan fingerprint density at radius 1 is 1.55 bits per heavy atom. The van der Waals surface area contributed by atoms with Crippen molar-refractivity contribution in [1.82, 2.24) is 0 Å². The number of amides is 1. The van der Waals surface area contributed by atoms with Gasteiger partial charge in [0.25, 0.3) is 0 Å². The molecule has 0 aromatic heterocycles. The van der Waals surface area contributed by atoms with Gasteiger partial charge in [-0.15, -0.1) is 0 Å². The Hall–Kier alpha value is -1.36. The first kappa shape index (κ1) is 9.64. The lowest BCUT2D eigenvalue weighted by Crippen LogP contribution is -2.29.